The van der Waals surface area contributed by atoms with Crippen LogP contribution in [0.25, 0.3) is 6.08 Å². The summed E-state index contributed by atoms with van der Waals surface area (Å²) in [5.74, 6) is 1.59. The minimum absolute atomic E-state index is 0.0333. The van der Waals surface area contributed by atoms with Crippen molar-refractivity contribution in [2.45, 2.75) is 25.8 Å². The number of hydrogen-bond acceptors (Lipinski definition) is 3. The molecule has 0 aromatic carbocycles. The quantitative estimate of drug-likeness (QED) is 0.790. The summed E-state index contributed by atoms with van der Waals surface area (Å²) in [6.07, 6.45) is 5.05. The van der Waals surface area contributed by atoms with Crippen LogP contribution in [0.3, 0.4) is 0 Å². The lowest BCUT2D eigenvalue weighted by atomic mass is 10.1. The maximum atomic E-state index is 11.8. The first-order valence-corrected chi connectivity index (χ1v) is 5.94. The van der Waals surface area contributed by atoms with Gasteiger partial charge in [-0.05, 0) is 38.0 Å². The molecule has 1 saturated heterocycles. The number of furan rings is 1. The summed E-state index contributed by atoms with van der Waals surface area (Å²) in [5, 5.41) is 0. The Kier molecular flexibility index (Phi) is 3.64. The van der Waals surface area contributed by atoms with E-state index < -0.39 is 0 Å². The van der Waals surface area contributed by atoms with Crippen molar-refractivity contribution in [3.63, 3.8) is 0 Å². The third kappa shape index (κ3) is 3.20. The van der Waals surface area contributed by atoms with Crippen LogP contribution >= 0.6 is 0 Å². The molecule has 1 amide bonds. The van der Waals surface area contributed by atoms with Crippen LogP contribution in [0.4, 0.5) is 0 Å². The summed E-state index contributed by atoms with van der Waals surface area (Å²) >= 11 is 0. The summed E-state index contributed by atoms with van der Waals surface area (Å²) in [6, 6.07) is 3.98. The zero-order valence-corrected chi connectivity index (χ0v) is 10.1. The zero-order chi connectivity index (χ0) is 12.3. The van der Waals surface area contributed by atoms with Gasteiger partial charge in [-0.2, -0.15) is 0 Å². The largest absolute Gasteiger partial charge is 0.462 e. The van der Waals surface area contributed by atoms with Crippen LogP contribution in [-0.4, -0.2) is 29.9 Å². The normalized spacial score (nSPS) is 17.9. The van der Waals surface area contributed by atoms with Crippen molar-refractivity contribution >= 4 is 12.0 Å². The summed E-state index contributed by atoms with van der Waals surface area (Å²) in [4.78, 5) is 13.7. The predicted molar refractivity (Wildman–Crippen MR) is 66.3 cm³/mol. The molecule has 1 aliphatic rings. The number of aryl methyl sites for hydroxylation is 1. The lowest BCUT2D eigenvalue weighted by Crippen LogP contribution is -2.42. The highest BCUT2D eigenvalue weighted by atomic mass is 16.3. The molecule has 4 heteroatoms. The first-order valence-electron chi connectivity index (χ1n) is 5.94. The Morgan fingerprint density at radius 3 is 2.76 bits per heavy atom. The highest BCUT2D eigenvalue weighted by Gasteiger charge is 2.18. The summed E-state index contributed by atoms with van der Waals surface area (Å²) in [6.45, 7) is 3.38. The van der Waals surface area contributed by atoms with Crippen LogP contribution in [0.2, 0.25) is 0 Å². The van der Waals surface area contributed by atoms with Crippen molar-refractivity contribution in [2.75, 3.05) is 13.1 Å². The van der Waals surface area contributed by atoms with Gasteiger partial charge in [-0.15, -0.1) is 0 Å². The van der Waals surface area contributed by atoms with E-state index >= 15 is 0 Å². The maximum Gasteiger partial charge on any atom is 0.246 e. The molecule has 0 aliphatic carbocycles. The summed E-state index contributed by atoms with van der Waals surface area (Å²) in [5.41, 5.74) is 5.79. The smallest absolute Gasteiger partial charge is 0.246 e. The second kappa shape index (κ2) is 5.19. The molecule has 0 atom stereocenters. The molecule has 4 nitrogen and oxygen atoms in total. The van der Waals surface area contributed by atoms with E-state index in [9.17, 15) is 4.79 Å². The molecule has 2 N–H and O–H groups in total. The SMILES string of the molecule is Cc1ccc(/C=C/C(=O)N2CCC(N)CC2)o1. The Labute approximate surface area is 101 Å². The fourth-order valence-electron chi connectivity index (χ4n) is 1.92. The highest BCUT2D eigenvalue weighted by Crippen LogP contribution is 2.11. The van der Waals surface area contributed by atoms with E-state index in [1.807, 2.05) is 24.0 Å². The molecule has 1 aromatic heterocycles. The van der Waals surface area contributed by atoms with E-state index in [1.165, 1.54) is 0 Å². The second-order valence-corrected chi connectivity index (χ2v) is 4.44. The number of piperidine rings is 1. The van der Waals surface area contributed by atoms with Crippen LogP contribution in [0.1, 0.15) is 24.4 Å². The standard InChI is InChI=1S/C13H18N2O2/c1-10-2-3-12(17-10)4-5-13(16)15-8-6-11(14)7-9-15/h2-5,11H,6-9,14H2,1H3/b5-4+. The lowest BCUT2D eigenvalue weighted by Gasteiger charge is -2.29. The van der Waals surface area contributed by atoms with Gasteiger partial charge in [0.2, 0.25) is 5.91 Å². The molecule has 2 rings (SSSR count). The van der Waals surface area contributed by atoms with E-state index in [4.69, 9.17) is 10.2 Å². The summed E-state index contributed by atoms with van der Waals surface area (Å²) in [7, 11) is 0. The minimum atomic E-state index is 0.0333. The van der Waals surface area contributed by atoms with Crippen molar-refractivity contribution in [1.29, 1.82) is 0 Å². The molecule has 92 valence electrons. The molecule has 1 aromatic rings. The van der Waals surface area contributed by atoms with Gasteiger partial charge in [0, 0.05) is 25.2 Å². The second-order valence-electron chi connectivity index (χ2n) is 4.44. The highest BCUT2D eigenvalue weighted by molar-refractivity contribution is 5.91. The Bertz CT molecular complexity index is 415. The minimum Gasteiger partial charge on any atom is -0.462 e. The van der Waals surface area contributed by atoms with Gasteiger partial charge in [-0.25, -0.2) is 0 Å². The van der Waals surface area contributed by atoms with Gasteiger partial charge in [0.05, 0.1) is 0 Å². The molecular formula is C13H18N2O2. The van der Waals surface area contributed by atoms with Gasteiger partial charge < -0.3 is 15.1 Å². The number of hydrogen-bond donors (Lipinski definition) is 1. The molecule has 0 spiro atoms. The number of amides is 1. The maximum absolute atomic E-state index is 11.8. The average Bonchev–Trinajstić information content (AvgIpc) is 2.73. The van der Waals surface area contributed by atoms with Gasteiger partial charge in [0.25, 0.3) is 0 Å². The van der Waals surface area contributed by atoms with Crippen molar-refractivity contribution in [2.24, 2.45) is 5.73 Å². The van der Waals surface area contributed by atoms with E-state index in [-0.39, 0.29) is 11.9 Å². The number of carbonyl (C=O) groups is 1. The number of likely N-dealkylation sites (tertiary alicyclic amines) is 1. The Morgan fingerprint density at radius 1 is 1.47 bits per heavy atom. The lowest BCUT2D eigenvalue weighted by molar-refractivity contribution is -0.126. The Morgan fingerprint density at radius 2 is 2.18 bits per heavy atom. The molecule has 0 saturated carbocycles. The van der Waals surface area contributed by atoms with Crippen molar-refractivity contribution in [3.05, 3.63) is 29.7 Å². The first-order chi connectivity index (χ1) is 8.15. The van der Waals surface area contributed by atoms with Crippen LogP contribution in [0.5, 0.6) is 0 Å². The molecule has 0 unspecified atom stereocenters. The van der Waals surface area contributed by atoms with E-state index in [1.54, 1.807) is 12.2 Å². The molecule has 2 heterocycles. The van der Waals surface area contributed by atoms with E-state index in [0.29, 0.717) is 5.76 Å². The fourth-order valence-corrected chi connectivity index (χ4v) is 1.92. The van der Waals surface area contributed by atoms with Crippen LogP contribution in [0.15, 0.2) is 22.6 Å². The molecule has 17 heavy (non-hydrogen) atoms. The van der Waals surface area contributed by atoms with Gasteiger partial charge in [-0.1, -0.05) is 0 Å². The molecule has 1 aliphatic heterocycles. The number of rotatable bonds is 2. The third-order valence-electron chi connectivity index (χ3n) is 3.00. The topological polar surface area (TPSA) is 59.5 Å². The van der Waals surface area contributed by atoms with Crippen molar-refractivity contribution in [1.82, 2.24) is 4.90 Å². The van der Waals surface area contributed by atoms with Gasteiger partial charge in [0.15, 0.2) is 0 Å². The van der Waals surface area contributed by atoms with Crippen molar-refractivity contribution < 1.29 is 9.21 Å². The Hall–Kier alpha value is -1.55. The average molecular weight is 234 g/mol. The molecule has 0 radical (unpaired) electrons. The van der Waals surface area contributed by atoms with Crippen LogP contribution in [0, 0.1) is 6.92 Å². The third-order valence-corrected chi connectivity index (χ3v) is 3.00. The zero-order valence-electron chi connectivity index (χ0n) is 10.1. The van der Waals surface area contributed by atoms with Crippen molar-refractivity contribution in [3.8, 4) is 0 Å². The number of nitrogens with two attached hydrogens (primary N) is 1. The summed E-state index contributed by atoms with van der Waals surface area (Å²) < 4.78 is 5.36. The van der Waals surface area contributed by atoms with Crippen LogP contribution < -0.4 is 5.73 Å². The van der Waals surface area contributed by atoms with E-state index in [0.717, 1.165) is 31.7 Å². The monoisotopic (exact) mass is 234 g/mol. The fraction of sp³-hybridized carbons (Fsp3) is 0.462. The van der Waals surface area contributed by atoms with Crippen LogP contribution in [-0.2, 0) is 4.79 Å². The predicted octanol–water partition coefficient (Wildman–Crippen LogP) is 1.55. The molecule has 1 fully saturated rings. The van der Waals surface area contributed by atoms with E-state index in [2.05, 4.69) is 0 Å². The van der Waals surface area contributed by atoms with Gasteiger partial charge in [-0.3, -0.25) is 4.79 Å². The first kappa shape index (κ1) is 11.9. The Balaban J connectivity index is 1.90. The number of nitrogens with zero attached hydrogens (tertiary/aromatic N) is 1. The molecular weight excluding hydrogens is 216 g/mol. The number of carbonyl (C=O) groups excluding carboxylic acids is 1. The van der Waals surface area contributed by atoms with Gasteiger partial charge >= 0.3 is 0 Å². The molecule has 0 bridgehead atoms. The van der Waals surface area contributed by atoms with Gasteiger partial charge in [0.1, 0.15) is 11.5 Å².